The molecule has 1 aliphatic heterocycles. The number of aromatic amines is 1. The highest BCUT2D eigenvalue weighted by atomic mass is 32.2. The predicted octanol–water partition coefficient (Wildman–Crippen LogP) is 2.06. The molecule has 1 aliphatic rings. The number of rotatable bonds is 8. The van der Waals surface area contributed by atoms with Gasteiger partial charge in [-0.15, -0.1) is 5.10 Å². The van der Waals surface area contributed by atoms with Crippen LogP contribution in [0.3, 0.4) is 0 Å². The van der Waals surface area contributed by atoms with E-state index in [0.29, 0.717) is 18.2 Å². The second-order valence-corrected chi connectivity index (χ2v) is 7.71. The second-order valence-electron chi connectivity index (χ2n) is 6.77. The molecule has 1 aromatic heterocycles. The minimum absolute atomic E-state index is 0.00122. The van der Waals surface area contributed by atoms with E-state index in [0.717, 1.165) is 31.4 Å². The Bertz CT molecular complexity index is 809. The largest absolute Gasteiger partial charge is 0.376 e. The molecule has 3 rings (SSSR count). The summed E-state index contributed by atoms with van der Waals surface area (Å²) in [4.78, 5) is 26.1. The minimum atomic E-state index is -0.259. The van der Waals surface area contributed by atoms with Gasteiger partial charge in [0.15, 0.2) is 5.16 Å². The first-order valence-electron chi connectivity index (χ1n) is 9.28. The van der Waals surface area contributed by atoms with Crippen LogP contribution in [-0.4, -0.2) is 51.1 Å². The maximum atomic E-state index is 12.5. The second kappa shape index (κ2) is 9.23. The molecule has 0 bridgehead atoms. The molecule has 1 N–H and O–H groups in total. The number of thioether (sulfide) groups is 1. The molecule has 2 heterocycles. The Balaban J connectivity index is 1.54. The minimum Gasteiger partial charge on any atom is -0.376 e. The van der Waals surface area contributed by atoms with E-state index in [1.807, 2.05) is 0 Å². The van der Waals surface area contributed by atoms with Crippen LogP contribution in [0, 0.1) is 0 Å². The van der Waals surface area contributed by atoms with E-state index in [9.17, 15) is 9.59 Å². The molecule has 0 saturated carbocycles. The summed E-state index contributed by atoms with van der Waals surface area (Å²) in [6.45, 7) is 3.90. The van der Waals surface area contributed by atoms with Crippen LogP contribution >= 0.6 is 11.8 Å². The Labute approximate surface area is 163 Å². The number of benzene rings is 1. The summed E-state index contributed by atoms with van der Waals surface area (Å²) in [5.74, 6) is 0.234. The topological polar surface area (TPSA) is 80.2 Å². The molecular formula is C19H26N4O3S. The summed E-state index contributed by atoms with van der Waals surface area (Å²) in [6.07, 6.45) is 3.01. The molecule has 0 aliphatic carbocycles. The van der Waals surface area contributed by atoms with Crippen molar-refractivity contribution in [2.45, 2.75) is 50.5 Å². The van der Waals surface area contributed by atoms with E-state index in [4.69, 9.17) is 4.74 Å². The fraction of sp³-hybridized carbons (Fsp3) is 0.526. The third kappa shape index (κ3) is 5.23. The lowest BCUT2D eigenvalue weighted by atomic mass is 10.1. The Morgan fingerprint density at radius 1 is 1.37 bits per heavy atom. The maximum Gasteiger partial charge on any atom is 0.344 e. The summed E-state index contributed by atoms with van der Waals surface area (Å²) in [6, 6.07) is 8.30. The third-order valence-corrected chi connectivity index (χ3v) is 5.70. The fourth-order valence-electron chi connectivity index (χ4n) is 3.05. The summed E-state index contributed by atoms with van der Waals surface area (Å²) >= 11 is 1.28. The number of hydrogen-bond acceptors (Lipinski definition) is 5. The molecule has 1 unspecified atom stereocenters. The quantitative estimate of drug-likeness (QED) is 0.698. The van der Waals surface area contributed by atoms with Crippen molar-refractivity contribution in [3.05, 3.63) is 45.9 Å². The van der Waals surface area contributed by atoms with Crippen LogP contribution in [0.2, 0.25) is 0 Å². The number of H-pyrrole nitrogens is 1. The number of carbonyl (C=O) groups is 1. The van der Waals surface area contributed by atoms with Crippen molar-refractivity contribution in [2.75, 3.05) is 19.4 Å². The lowest BCUT2D eigenvalue weighted by Gasteiger charge is -2.17. The number of nitrogens with one attached hydrogen (secondary N) is 1. The molecular weight excluding hydrogens is 364 g/mol. The average Bonchev–Trinajstić information content (AvgIpc) is 3.31. The molecule has 27 heavy (non-hydrogen) atoms. The number of carbonyl (C=O) groups excluding carboxylic acids is 1. The Morgan fingerprint density at radius 3 is 2.78 bits per heavy atom. The van der Waals surface area contributed by atoms with Gasteiger partial charge in [0.1, 0.15) is 0 Å². The summed E-state index contributed by atoms with van der Waals surface area (Å²) in [5, 5.41) is 7.06. The van der Waals surface area contributed by atoms with E-state index >= 15 is 0 Å². The summed E-state index contributed by atoms with van der Waals surface area (Å²) < 4.78 is 7.16. The van der Waals surface area contributed by atoms with Crippen LogP contribution in [0.15, 0.2) is 34.2 Å². The van der Waals surface area contributed by atoms with Crippen molar-refractivity contribution >= 4 is 17.7 Å². The lowest BCUT2D eigenvalue weighted by molar-refractivity contribution is -0.127. The van der Waals surface area contributed by atoms with Crippen LogP contribution in [0.5, 0.6) is 0 Å². The zero-order valence-corrected chi connectivity index (χ0v) is 16.6. The van der Waals surface area contributed by atoms with Crippen LogP contribution in [-0.2, 0) is 29.0 Å². The molecule has 1 saturated heterocycles. The lowest BCUT2D eigenvalue weighted by Crippen LogP contribution is -2.28. The van der Waals surface area contributed by atoms with Gasteiger partial charge < -0.3 is 9.64 Å². The SMILES string of the molecule is CCc1ccc(CN(C)C(=O)CSc2n[nH]c(=O)n2CC2CCCO2)cc1. The zero-order valence-electron chi connectivity index (χ0n) is 15.8. The maximum absolute atomic E-state index is 12.5. The number of ether oxygens (including phenoxy) is 1. The first kappa shape index (κ1) is 19.7. The highest BCUT2D eigenvalue weighted by Crippen LogP contribution is 2.18. The molecule has 1 fully saturated rings. The average molecular weight is 391 g/mol. The van der Waals surface area contributed by atoms with Gasteiger partial charge in [0.05, 0.1) is 18.4 Å². The standard InChI is InChI=1S/C19H26N4O3S/c1-3-14-6-8-15(9-7-14)11-22(2)17(24)13-27-19-21-20-18(25)23(19)12-16-5-4-10-26-16/h6-9,16H,3-5,10-13H2,1-2H3,(H,20,25). The van der Waals surface area contributed by atoms with E-state index < -0.39 is 0 Å². The highest BCUT2D eigenvalue weighted by molar-refractivity contribution is 7.99. The summed E-state index contributed by atoms with van der Waals surface area (Å²) in [7, 11) is 1.79. The van der Waals surface area contributed by atoms with Crippen molar-refractivity contribution in [1.29, 1.82) is 0 Å². The summed E-state index contributed by atoms with van der Waals surface area (Å²) in [5.41, 5.74) is 2.12. The van der Waals surface area contributed by atoms with Crippen molar-refractivity contribution in [3.8, 4) is 0 Å². The Kier molecular flexibility index (Phi) is 6.73. The van der Waals surface area contributed by atoms with Gasteiger partial charge in [-0.05, 0) is 30.4 Å². The van der Waals surface area contributed by atoms with Crippen LogP contribution in [0.4, 0.5) is 0 Å². The smallest absolute Gasteiger partial charge is 0.344 e. The molecule has 146 valence electrons. The number of aryl methyl sites for hydroxylation is 1. The highest BCUT2D eigenvalue weighted by Gasteiger charge is 2.20. The van der Waals surface area contributed by atoms with Crippen molar-refractivity contribution < 1.29 is 9.53 Å². The number of amides is 1. The van der Waals surface area contributed by atoms with Crippen LogP contribution in [0.25, 0.3) is 0 Å². The fourth-order valence-corrected chi connectivity index (χ4v) is 3.94. The van der Waals surface area contributed by atoms with Gasteiger partial charge >= 0.3 is 5.69 Å². The molecule has 2 aromatic rings. The van der Waals surface area contributed by atoms with E-state index in [1.54, 1.807) is 16.5 Å². The van der Waals surface area contributed by atoms with Crippen LogP contribution in [0.1, 0.15) is 30.9 Å². The Hall–Kier alpha value is -2.06. The Morgan fingerprint density at radius 2 is 2.11 bits per heavy atom. The molecule has 7 nitrogen and oxygen atoms in total. The van der Waals surface area contributed by atoms with E-state index in [2.05, 4.69) is 41.4 Å². The number of hydrogen-bond donors (Lipinski definition) is 1. The third-order valence-electron chi connectivity index (χ3n) is 4.73. The molecule has 1 atom stereocenters. The molecule has 0 radical (unpaired) electrons. The number of nitrogens with zero attached hydrogens (tertiary/aromatic N) is 3. The first-order valence-corrected chi connectivity index (χ1v) is 10.3. The van der Waals surface area contributed by atoms with Gasteiger partial charge in [0.2, 0.25) is 5.91 Å². The van der Waals surface area contributed by atoms with E-state index in [-0.39, 0.29) is 23.5 Å². The zero-order chi connectivity index (χ0) is 19.2. The molecule has 0 spiro atoms. The molecule has 1 aromatic carbocycles. The van der Waals surface area contributed by atoms with Gasteiger partial charge in [0, 0.05) is 20.2 Å². The molecule has 8 heteroatoms. The predicted molar refractivity (Wildman–Crippen MR) is 105 cm³/mol. The monoisotopic (exact) mass is 390 g/mol. The van der Waals surface area contributed by atoms with Gasteiger partial charge in [0.25, 0.3) is 0 Å². The van der Waals surface area contributed by atoms with Gasteiger partial charge in [-0.3, -0.25) is 9.36 Å². The normalized spacial score (nSPS) is 16.6. The number of aromatic nitrogens is 3. The molecule has 1 amide bonds. The van der Waals surface area contributed by atoms with Gasteiger partial charge in [-0.2, -0.15) is 0 Å². The van der Waals surface area contributed by atoms with Crippen molar-refractivity contribution in [3.63, 3.8) is 0 Å². The van der Waals surface area contributed by atoms with Gasteiger partial charge in [-0.25, -0.2) is 9.89 Å². The van der Waals surface area contributed by atoms with Crippen molar-refractivity contribution in [2.24, 2.45) is 0 Å². The van der Waals surface area contributed by atoms with Crippen molar-refractivity contribution in [1.82, 2.24) is 19.7 Å². The van der Waals surface area contributed by atoms with Gasteiger partial charge in [-0.1, -0.05) is 43.0 Å². The van der Waals surface area contributed by atoms with E-state index in [1.165, 1.54) is 17.3 Å². The van der Waals surface area contributed by atoms with Crippen LogP contribution < -0.4 is 5.69 Å². The first-order chi connectivity index (χ1) is 13.1.